The first-order valence-corrected chi connectivity index (χ1v) is 10.1. The van der Waals surface area contributed by atoms with Gasteiger partial charge in [-0.2, -0.15) is 5.26 Å². The van der Waals surface area contributed by atoms with Gasteiger partial charge >= 0.3 is 5.97 Å². The van der Waals surface area contributed by atoms with Gasteiger partial charge in [0.05, 0.1) is 0 Å². The number of aryl methyl sites for hydroxylation is 1. The van der Waals surface area contributed by atoms with Crippen molar-refractivity contribution in [3.05, 3.63) is 58.4 Å². The number of hydrogen-bond acceptors (Lipinski definition) is 5. The van der Waals surface area contributed by atoms with Gasteiger partial charge < -0.3 is 14.6 Å². The topological polar surface area (TPSA) is 101 Å². The van der Waals surface area contributed by atoms with E-state index in [1.807, 2.05) is 26.0 Å². The summed E-state index contributed by atoms with van der Waals surface area (Å²) in [6, 6.07) is 10.1. The van der Waals surface area contributed by atoms with Crippen LogP contribution in [0.3, 0.4) is 0 Å². The monoisotopic (exact) mass is 421 g/mol. The van der Waals surface area contributed by atoms with Crippen molar-refractivity contribution in [2.75, 3.05) is 5.32 Å². The molecule has 0 unspecified atom stereocenters. The molecule has 0 aliphatic heterocycles. The number of esters is 1. The molecule has 1 atom stereocenters. The molecular weight excluding hydrogens is 394 g/mol. The molecule has 2 rings (SSSR count). The first-order chi connectivity index (χ1) is 14.7. The lowest BCUT2D eigenvalue weighted by molar-refractivity contribution is -0.141. The van der Waals surface area contributed by atoms with Crippen LogP contribution in [-0.2, 0) is 20.9 Å². The summed E-state index contributed by atoms with van der Waals surface area (Å²) in [6.45, 7) is 9.70. The molecule has 0 saturated heterocycles. The van der Waals surface area contributed by atoms with Crippen molar-refractivity contribution in [2.45, 2.75) is 53.7 Å². The molecular formula is C24H27N3O4. The van der Waals surface area contributed by atoms with Crippen molar-refractivity contribution in [3.8, 4) is 6.07 Å². The predicted octanol–water partition coefficient (Wildman–Crippen LogP) is 4.19. The van der Waals surface area contributed by atoms with Gasteiger partial charge in [-0.1, -0.05) is 6.92 Å². The number of benzene rings is 1. The van der Waals surface area contributed by atoms with Crippen molar-refractivity contribution in [3.63, 3.8) is 0 Å². The summed E-state index contributed by atoms with van der Waals surface area (Å²) < 4.78 is 7.38. The summed E-state index contributed by atoms with van der Waals surface area (Å²) in [6.07, 6.45) is 1.40. The van der Waals surface area contributed by atoms with Crippen molar-refractivity contribution >= 4 is 29.4 Å². The lowest BCUT2D eigenvalue weighted by Gasteiger charge is -2.12. The normalized spacial score (nSPS) is 12.1. The molecule has 0 bridgehead atoms. The number of rotatable bonds is 8. The minimum atomic E-state index is -1.07. The van der Waals surface area contributed by atoms with E-state index < -0.39 is 17.9 Å². The van der Waals surface area contributed by atoms with Gasteiger partial charge in [0.1, 0.15) is 11.6 Å². The van der Waals surface area contributed by atoms with Crippen LogP contribution in [-0.4, -0.2) is 28.3 Å². The van der Waals surface area contributed by atoms with E-state index in [0.717, 1.165) is 29.9 Å². The highest BCUT2D eigenvalue weighted by Crippen LogP contribution is 2.20. The van der Waals surface area contributed by atoms with Crippen molar-refractivity contribution < 1.29 is 19.1 Å². The van der Waals surface area contributed by atoms with Gasteiger partial charge in [0.15, 0.2) is 6.10 Å². The third kappa shape index (κ3) is 5.92. The van der Waals surface area contributed by atoms with Gasteiger partial charge in [-0.05, 0) is 69.2 Å². The minimum absolute atomic E-state index is 0.169. The number of carbonyl (C=O) groups excluding carboxylic acids is 3. The third-order valence-electron chi connectivity index (χ3n) is 4.84. The van der Waals surface area contributed by atoms with E-state index in [0.29, 0.717) is 11.3 Å². The molecule has 162 valence electrons. The zero-order valence-electron chi connectivity index (χ0n) is 18.5. The number of hydrogen-bond donors (Lipinski definition) is 1. The molecule has 0 radical (unpaired) electrons. The molecule has 1 aromatic carbocycles. The van der Waals surface area contributed by atoms with Gasteiger partial charge in [0.2, 0.25) is 11.7 Å². The van der Waals surface area contributed by atoms with Gasteiger partial charge in [0.25, 0.3) is 0 Å². The number of nitriles is 1. The van der Waals surface area contributed by atoms with Crippen LogP contribution in [0.15, 0.2) is 35.9 Å². The van der Waals surface area contributed by atoms with Gasteiger partial charge in [-0.15, -0.1) is 0 Å². The van der Waals surface area contributed by atoms with Crippen LogP contribution >= 0.6 is 0 Å². The van der Waals surface area contributed by atoms with Gasteiger partial charge in [0, 0.05) is 36.1 Å². The zero-order chi connectivity index (χ0) is 23.1. The minimum Gasteiger partial charge on any atom is -0.450 e. The number of ether oxygens (including phenoxy) is 1. The smallest absolute Gasteiger partial charge is 0.349 e. The Hall–Kier alpha value is -3.66. The average molecular weight is 421 g/mol. The quantitative estimate of drug-likeness (QED) is 0.298. The molecule has 1 amide bonds. The Balaban J connectivity index is 2.14. The van der Waals surface area contributed by atoms with E-state index in [1.54, 1.807) is 24.3 Å². The number of Topliss-reactive ketones (excluding diaryl/α,β-unsaturated/α-hetero) is 1. The van der Waals surface area contributed by atoms with E-state index in [4.69, 9.17) is 4.74 Å². The van der Waals surface area contributed by atoms with Crippen LogP contribution < -0.4 is 5.32 Å². The maximum absolute atomic E-state index is 12.6. The van der Waals surface area contributed by atoms with E-state index in [9.17, 15) is 19.6 Å². The molecule has 7 heteroatoms. The Morgan fingerprint density at radius 1 is 1.23 bits per heavy atom. The molecule has 7 nitrogen and oxygen atoms in total. The molecule has 2 aromatic rings. The van der Waals surface area contributed by atoms with Crippen LogP contribution in [0.5, 0.6) is 0 Å². The van der Waals surface area contributed by atoms with Crippen LogP contribution in [0, 0.1) is 25.2 Å². The number of amides is 1. The number of nitrogens with zero attached hydrogens (tertiary/aromatic N) is 2. The lowest BCUT2D eigenvalue weighted by Crippen LogP contribution is -2.25. The van der Waals surface area contributed by atoms with Crippen molar-refractivity contribution in [1.82, 2.24) is 4.57 Å². The number of carbonyl (C=O) groups is 3. The first kappa shape index (κ1) is 23.6. The van der Waals surface area contributed by atoms with Gasteiger partial charge in [-0.25, -0.2) is 4.79 Å². The SMILES string of the molecule is CCCn1c(C)cc(/C=C(\C#N)C(=O)O[C@H](C)C(=O)c2ccc(NC(C)=O)cc2)c1C. The highest BCUT2D eigenvalue weighted by molar-refractivity contribution is 6.03. The highest BCUT2D eigenvalue weighted by atomic mass is 16.5. The zero-order valence-corrected chi connectivity index (χ0v) is 18.5. The number of ketones is 1. The lowest BCUT2D eigenvalue weighted by atomic mass is 10.1. The molecule has 1 N–H and O–H groups in total. The third-order valence-corrected chi connectivity index (χ3v) is 4.84. The summed E-state index contributed by atoms with van der Waals surface area (Å²) in [5.41, 5.74) is 3.50. The Bertz CT molecular complexity index is 1060. The molecule has 1 aromatic heterocycles. The summed E-state index contributed by atoms with van der Waals surface area (Å²) in [7, 11) is 0. The van der Waals surface area contributed by atoms with Crippen LogP contribution in [0.25, 0.3) is 6.08 Å². The van der Waals surface area contributed by atoms with Crippen molar-refractivity contribution in [2.24, 2.45) is 0 Å². The van der Waals surface area contributed by atoms with E-state index in [-0.39, 0.29) is 11.5 Å². The maximum atomic E-state index is 12.6. The number of anilines is 1. The fourth-order valence-corrected chi connectivity index (χ4v) is 3.27. The summed E-state index contributed by atoms with van der Waals surface area (Å²) in [5.74, 6) is -1.47. The first-order valence-electron chi connectivity index (χ1n) is 10.1. The number of aromatic nitrogens is 1. The van der Waals surface area contributed by atoms with Gasteiger partial charge in [-0.3, -0.25) is 9.59 Å². The summed E-state index contributed by atoms with van der Waals surface area (Å²) in [4.78, 5) is 36.2. The largest absolute Gasteiger partial charge is 0.450 e. The standard InChI is InChI=1S/C24H27N3O4/c1-6-11-27-15(2)12-20(16(27)3)13-21(14-25)24(30)31-17(4)23(29)19-7-9-22(10-8-19)26-18(5)28/h7-10,12-13,17H,6,11H2,1-5H3,(H,26,28)/b21-13+/t17-/m1/s1. The molecule has 0 aliphatic carbocycles. The van der Waals surface area contributed by atoms with E-state index in [1.165, 1.54) is 19.9 Å². The van der Waals surface area contributed by atoms with Crippen LogP contribution in [0.2, 0.25) is 0 Å². The fourth-order valence-electron chi connectivity index (χ4n) is 3.27. The Kier molecular flexibility index (Phi) is 7.92. The number of nitrogens with one attached hydrogen (secondary N) is 1. The molecule has 1 heterocycles. The highest BCUT2D eigenvalue weighted by Gasteiger charge is 2.22. The average Bonchev–Trinajstić information content (AvgIpc) is 2.99. The molecule has 0 saturated carbocycles. The predicted molar refractivity (Wildman–Crippen MR) is 118 cm³/mol. The molecule has 0 aliphatic rings. The Labute approximate surface area is 182 Å². The molecule has 0 fully saturated rings. The molecule has 0 spiro atoms. The second kappa shape index (κ2) is 10.4. The summed E-state index contributed by atoms with van der Waals surface area (Å²) in [5, 5.41) is 12.1. The fraction of sp³-hybridized carbons (Fsp3) is 0.333. The summed E-state index contributed by atoms with van der Waals surface area (Å²) >= 11 is 0. The molecule has 31 heavy (non-hydrogen) atoms. The Morgan fingerprint density at radius 3 is 2.42 bits per heavy atom. The van der Waals surface area contributed by atoms with Crippen molar-refractivity contribution in [1.29, 1.82) is 5.26 Å². The second-order valence-electron chi connectivity index (χ2n) is 7.32. The second-order valence-corrected chi connectivity index (χ2v) is 7.32. The van der Waals surface area contributed by atoms with E-state index in [2.05, 4.69) is 16.8 Å². The maximum Gasteiger partial charge on any atom is 0.349 e. The van der Waals surface area contributed by atoms with E-state index >= 15 is 0 Å². The van der Waals surface area contributed by atoms with Crippen LogP contribution in [0.1, 0.15) is 54.5 Å². The Morgan fingerprint density at radius 2 is 1.87 bits per heavy atom. The van der Waals surface area contributed by atoms with Crippen LogP contribution in [0.4, 0.5) is 5.69 Å².